The quantitative estimate of drug-likeness (QED) is 0.613. The van der Waals surface area contributed by atoms with Gasteiger partial charge in [-0.1, -0.05) is 6.07 Å². The van der Waals surface area contributed by atoms with Gasteiger partial charge in [-0.15, -0.1) is 12.4 Å². The van der Waals surface area contributed by atoms with E-state index < -0.39 is 5.92 Å². The van der Waals surface area contributed by atoms with Crippen LogP contribution < -0.4 is 15.5 Å². The first-order chi connectivity index (χ1) is 10.5. The molecule has 5 nitrogen and oxygen atoms in total. The lowest BCUT2D eigenvalue weighted by Gasteiger charge is -2.18. The Morgan fingerprint density at radius 3 is 2.48 bits per heavy atom. The van der Waals surface area contributed by atoms with Gasteiger partial charge in [0.1, 0.15) is 5.92 Å². The third-order valence-electron chi connectivity index (χ3n) is 3.94. The molecule has 1 aliphatic heterocycles. The summed E-state index contributed by atoms with van der Waals surface area (Å²) in [6, 6.07) is 6.08. The van der Waals surface area contributed by atoms with E-state index >= 15 is 0 Å². The van der Waals surface area contributed by atoms with Gasteiger partial charge in [-0.2, -0.15) is 0 Å². The van der Waals surface area contributed by atoms with Crippen LogP contribution in [0.4, 0.5) is 5.69 Å². The molecule has 0 aliphatic carbocycles. The SMILES string of the molecule is CNCCCNC(=O)C1CCN(c2cc(C)cc(C)c2)C1=O.Cl. The van der Waals surface area contributed by atoms with Gasteiger partial charge in [0.15, 0.2) is 0 Å². The Hall–Kier alpha value is -1.59. The number of aryl methyl sites for hydroxylation is 2. The van der Waals surface area contributed by atoms with E-state index in [0.29, 0.717) is 19.5 Å². The first kappa shape index (κ1) is 19.5. The number of amides is 2. The van der Waals surface area contributed by atoms with E-state index in [-0.39, 0.29) is 24.2 Å². The first-order valence-electron chi connectivity index (χ1n) is 7.85. The number of nitrogens with one attached hydrogen (secondary N) is 2. The molecular formula is C17H26ClN3O2. The molecule has 1 aliphatic rings. The fourth-order valence-electron chi connectivity index (χ4n) is 2.89. The minimum absolute atomic E-state index is 0. The number of carbonyl (C=O) groups excluding carboxylic acids is 2. The summed E-state index contributed by atoms with van der Waals surface area (Å²) in [5.41, 5.74) is 3.15. The summed E-state index contributed by atoms with van der Waals surface area (Å²) in [4.78, 5) is 26.4. The van der Waals surface area contributed by atoms with Gasteiger partial charge in [-0.25, -0.2) is 0 Å². The van der Waals surface area contributed by atoms with Crippen molar-refractivity contribution in [1.82, 2.24) is 10.6 Å². The summed E-state index contributed by atoms with van der Waals surface area (Å²) in [5.74, 6) is -0.778. The highest BCUT2D eigenvalue weighted by Gasteiger charge is 2.37. The van der Waals surface area contributed by atoms with E-state index in [4.69, 9.17) is 0 Å². The maximum absolute atomic E-state index is 12.5. The van der Waals surface area contributed by atoms with Crippen molar-refractivity contribution in [2.45, 2.75) is 26.7 Å². The zero-order valence-electron chi connectivity index (χ0n) is 14.0. The van der Waals surface area contributed by atoms with Crippen molar-refractivity contribution in [2.75, 3.05) is 31.6 Å². The highest BCUT2D eigenvalue weighted by atomic mass is 35.5. The second-order valence-electron chi connectivity index (χ2n) is 5.93. The zero-order chi connectivity index (χ0) is 16.1. The lowest BCUT2D eigenvalue weighted by Crippen LogP contribution is -2.37. The van der Waals surface area contributed by atoms with E-state index in [1.165, 1.54) is 0 Å². The van der Waals surface area contributed by atoms with Crippen LogP contribution in [0.5, 0.6) is 0 Å². The molecule has 1 fully saturated rings. The molecule has 6 heteroatoms. The molecule has 0 aromatic heterocycles. The molecule has 1 unspecified atom stereocenters. The highest BCUT2D eigenvalue weighted by molar-refractivity contribution is 6.09. The molecule has 2 amide bonds. The molecule has 128 valence electrons. The smallest absolute Gasteiger partial charge is 0.239 e. The Labute approximate surface area is 144 Å². The lowest BCUT2D eigenvalue weighted by molar-refractivity contribution is -0.132. The maximum Gasteiger partial charge on any atom is 0.239 e. The molecule has 1 saturated heterocycles. The predicted molar refractivity (Wildman–Crippen MR) is 95.2 cm³/mol. The molecule has 0 saturated carbocycles. The van der Waals surface area contributed by atoms with Crippen LogP contribution in [-0.4, -0.2) is 38.5 Å². The van der Waals surface area contributed by atoms with Gasteiger partial charge in [0, 0.05) is 18.8 Å². The molecule has 1 aromatic carbocycles. The Balaban J connectivity index is 0.00000264. The summed E-state index contributed by atoms with van der Waals surface area (Å²) >= 11 is 0. The number of hydrogen-bond acceptors (Lipinski definition) is 3. The average molecular weight is 340 g/mol. The summed E-state index contributed by atoms with van der Waals surface area (Å²) in [6.07, 6.45) is 1.45. The van der Waals surface area contributed by atoms with Crippen LogP contribution in [0.2, 0.25) is 0 Å². The fourth-order valence-corrected chi connectivity index (χ4v) is 2.89. The molecule has 0 bridgehead atoms. The molecule has 2 rings (SSSR count). The summed E-state index contributed by atoms with van der Waals surface area (Å²) in [7, 11) is 1.88. The molecule has 0 radical (unpaired) electrons. The monoisotopic (exact) mass is 339 g/mol. The minimum atomic E-state index is -0.546. The fraction of sp³-hybridized carbons (Fsp3) is 0.529. The van der Waals surface area contributed by atoms with Crippen molar-refractivity contribution >= 4 is 29.9 Å². The normalized spacial score (nSPS) is 17.1. The summed E-state index contributed by atoms with van der Waals surface area (Å²) < 4.78 is 0. The predicted octanol–water partition coefficient (Wildman–Crippen LogP) is 1.80. The maximum atomic E-state index is 12.5. The van der Waals surface area contributed by atoms with Crippen LogP contribution >= 0.6 is 12.4 Å². The second-order valence-corrected chi connectivity index (χ2v) is 5.93. The van der Waals surface area contributed by atoms with Gasteiger partial charge < -0.3 is 15.5 Å². The molecule has 23 heavy (non-hydrogen) atoms. The van der Waals surface area contributed by atoms with Crippen molar-refractivity contribution < 1.29 is 9.59 Å². The van der Waals surface area contributed by atoms with E-state index in [1.54, 1.807) is 4.90 Å². The minimum Gasteiger partial charge on any atom is -0.355 e. The number of benzene rings is 1. The third kappa shape index (κ3) is 4.94. The number of carbonyl (C=O) groups is 2. The molecule has 0 spiro atoms. The highest BCUT2D eigenvalue weighted by Crippen LogP contribution is 2.27. The zero-order valence-corrected chi connectivity index (χ0v) is 14.8. The van der Waals surface area contributed by atoms with Crippen LogP contribution in [0, 0.1) is 19.8 Å². The molecule has 1 atom stereocenters. The third-order valence-corrected chi connectivity index (χ3v) is 3.94. The van der Waals surface area contributed by atoms with E-state index in [9.17, 15) is 9.59 Å². The van der Waals surface area contributed by atoms with Crippen molar-refractivity contribution in [3.8, 4) is 0 Å². The Morgan fingerprint density at radius 1 is 1.22 bits per heavy atom. The average Bonchev–Trinajstić information content (AvgIpc) is 2.84. The van der Waals surface area contributed by atoms with Crippen molar-refractivity contribution in [2.24, 2.45) is 5.92 Å². The van der Waals surface area contributed by atoms with E-state index in [0.717, 1.165) is 29.8 Å². The van der Waals surface area contributed by atoms with Crippen LogP contribution in [0.3, 0.4) is 0 Å². The first-order valence-corrected chi connectivity index (χ1v) is 7.85. The number of hydrogen-bond donors (Lipinski definition) is 2. The topological polar surface area (TPSA) is 61.4 Å². The largest absolute Gasteiger partial charge is 0.355 e. The van der Waals surface area contributed by atoms with Crippen LogP contribution in [-0.2, 0) is 9.59 Å². The Bertz CT molecular complexity index is 543. The lowest BCUT2D eigenvalue weighted by atomic mass is 10.1. The van der Waals surface area contributed by atoms with Gasteiger partial charge in [-0.3, -0.25) is 9.59 Å². The van der Waals surface area contributed by atoms with Gasteiger partial charge >= 0.3 is 0 Å². The van der Waals surface area contributed by atoms with Crippen LogP contribution in [0.25, 0.3) is 0 Å². The van der Waals surface area contributed by atoms with E-state index in [2.05, 4.69) is 16.7 Å². The number of halogens is 1. The Kier molecular flexibility index (Phi) is 7.52. The van der Waals surface area contributed by atoms with Crippen molar-refractivity contribution in [3.63, 3.8) is 0 Å². The Morgan fingerprint density at radius 2 is 1.87 bits per heavy atom. The van der Waals surface area contributed by atoms with Crippen LogP contribution in [0.15, 0.2) is 18.2 Å². The molecule has 1 aromatic rings. The molecule has 1 heterocycles. The molecule has 2 N–H and O–H groups in total. The summed E-state index contributed by atoms with van der Waals surface area (Å²) in [6.45, 7) is 6.10. The number of anilines is 1. The summed E-state index contributed by atoms with van der Waals surface area (Å²) in [5, 5.41) is 5.89. The molecular weight excluding hydrogens is 314 g/mol. The van der Waals surface area contributed by atoms with Gasteiger partial charge in [0.05, 0.1) is 0 Å². The second kappa shape index (κ2) is 8.89. The van der Waals surface area contributed by atoms with Crippen molar-refractivity contribution in [1.29, 1.82) is 0 Å². The number of rotatable bonds is 6. The van der Waals surface area contributed by atoms with Gasteiger partial charge in [-0.05, 0) is 63.5 Å². The standard InChI is InChI=1S/C17H25N3O2.ClH/c1-12-9-13(2)11-14(10-12)20-8-5-15(17(20)22)16(21)19-7-4-6-18-3;/h9-11,15,18H,4-8H2,1-3H3,(H,19,21);1H. The van der Waals surface area contributed by atoms with Crippen molar-refractivity contribution in [3.05, 3.63) is 29.3 Å². The van der Waals surface area contributed by atoms with E-state index in [1.807, 2.05) is 33.0 Å². The van der Waals surface area contributed by atoms with Gasteiger partial charge in [0.25, 0.3) is 0 Å². The van der Waals surface area contributed by atoms with Crippen LogP contribution in [0.1, 0.15) is 24.0 Å². The van der Waals surface area contributed by atoms with Gasteiger partial charge in [0.2, 0.25) is 11.8 Å². The number of nitrogens with zero attached hydrogens (tertiary/aromatic N) is 1.